The van der Waals surface area contributed by atoms with E-state index in [0.717, 1.165) is 30.5 Å². The summed E-state index contributed by atoms with van der Waals surface area (Å²) in [6.07, 6.45) is 6.75. The Kier molecular flexibility index (Phi) is 27.4. The number of aliphatic carboxylic acids is 2. The molecule has 9 aromatic rings. The molecule has 9 aromatic heterocycles. The van der Waals surface area contributed by atoms with Crippen molar-refractivity contribution in [3.63, 3.8) is 0 Å². The zero-order valence-electron chi connectivity index (χ0n) is 52.3. The topological polar surface area (TPSA) is 440 Å². The van der Waals surface area contributed by atoms with E-state index >= 15 is 0 Å². The summed E-state index contributed by atoms with van der Waals surface area (Å²) in [6, 6.07) is 15.0. The van der Waals surface area contributed by atoms with E-state index in [2.05, 4.69) is 30.9 Å². The lowest BCUT2D eigenvalue weighted by atomic mass is 10.2. The van der Waals surface area contributed by atoms with Gasteiger partial charge in [-0.05, 0) is 93.1 Å². The number of rotatable bonds is 21. The maximum Gasteiger partial charge on any atom is 0.300 e. The van der Waals surface area contributed by atoms with Crippen molar-refractivity contribution in [1.82, 2.24) is 57.8 Å². The molecule has 0 spiro atoms. The van der Waals surface area contributed by atoms with Gasteiger partial charge in [-0.2, -0.15) is 0 Å². The van der Waals surface area contributed by atoms with Crippen molar-refractivity contribution in [2.75, 3.05) is 80.6 Å². The first-order chi connectivity index (χ1) is 43.9. The van der Waals surface area contributed by atoms with E-state index < -0.39 is 29.7 Å². The molecule has 92 heavy (non-hydrogen) atoms. The summed E-state index contributed by atoms with van der Waals surface area (Å²) in [7, 11) is 4.74. The van der Waals surface area contributed by atoms with Gasteiger partial charge in [-0.25, -0.2) is 15.0 Å². The zero-order valence-corrected chi connectivity index (χ0v) is 52.3. The second kappa shape index (κ2) is 34.7. The maximum atomic E-state index is 13.0. The van der Waals surface area contributed by atoms with Crippen LogP contribution < -0.4 is 49.1 Å². The molecule has 0 bridgehead atoms. The second-order valence-corrected chi connectivity index (χ2v) is 20.3. The van der Waals surface area contributed by atoms with E-state index in [1.165, 1.54) is 45.1 Å². The minimum atomic E-state index is -0.833. The van der Waals surface area contributed by atoms with Gasteiger partial charge in [0, 0.05) is 113 Å². The van der Waals surface area contributed by atoms with Crippen molar-refractivity contribution in [3.05, 3.63) is 154 Å². The number of methoxy groups -OCH3 is 3. The molecule has 0 atom stereocenters. The quantitative estimate of drug-likeness (QED) is 0.0349. The van der Waals surface area contributed by atoms with Gasteiger partial charge in [0.05, 0.1) is 52.7 Å². The molecule has 0 saturated carbocycles. The van der Waals surface area contributed by atoms with Crippen molar-refractivity contribution in [3.8, 4) is 0 Å². The van der Waals surface area contributed by atoms with Crippen LogP contribution in [0.25, 0.3) is 50.0 Å². The van der Waals surface area contributed by atoms with Gasteiger partial charge in [0.1, 0.15) is 50.3 Å². The molecule has 0 saturated heterocycles. The molecule has 31 heteroatoms. The van der Waals surface area contributed by atoms with Gasteiger partial charge in [0.15, 0.2) is 0 Å². The molecular formula is C61H77N15O16. The van der Waals surface area contributed by atoms with Gasteiger partial charge in [-0.3, -0.25) is 67.8 Å². The summed E-state index contributed by atoms with van der Waals surface area (Å²) < 4.78 is 23.3. The summed E-state index contributed by atoms with van der Waals surface area (Å²) in [4.78, 5) is 108. The number of nitrogens with zero attached hydrogens (tertiary/aromatic N) is 9. The van der Waals surface area contributed by atoms with Crippen LogP contribution in [-0.4, -0.2) is 178 Å². The van der Waals surface area contributed by atoms with Crippen LogP contribution in [0.15, 0.2) is 87.6 Å². The maximum absolute atomic E-state index is 13.0. The molecule has 31 nitrogen and oxygen atoms in total. The Morgan fingerprint density at radius 1 is 0.457 bits per heavy atom. The van der Waals surface area contributed by atoms with E-state index in [-0.39, 0.29) is 122 Å². The molecule has 0 aliphatic carbocycles. The number of aliphatic hydroxyl groups is 3. The average Bonchev–Trinajstić information content (AvgIpc) is 0.777. The predicted molar refractivity (Wildman–Crippen MR) is 337 cm³/mol. The normalized spacial score (nSPS) is 10.8. The summed E-state index contributed by atoms with van der Waals surface area (Å²) in [6.45, 7) is 9.77. The van der Waals surface area contributed by atoms with Crippen LogP contribution in [0.5, 0.6) is 0 Å². The van der Waals surface area contributed by atoms with Crippen molar-refractivity contribution in [1.29, 1.82) is 16.2 Å². The number of aryl methyl sites for hydroxylation is 3. The minimum Gasteiger partial charge on any atom is -0.481 e. The summed E-state index contributed by atoms with van der Waals surface area (Å²) in [5.41, 5.74) is 3.56. The molecule has 0 fully saturated rings. The van der Waals surface area contributed by atoms with Crippen LogP contribution in [0.3, 0.4) is 0 Å². The van der Waals surface area contributed by atoms with Crippen LogP contribution in [-0.2, 0) is 43.4 Å². The number of carboxylic acids is 2. The highest BCUT2D eigenvalue weighted by Crippen LogP contribution is 2.16. The van der Waals surface area contributed by atoms with Crippen LogP contribution in [0.4, 0.5) is 0 Å². The fourth-order valence-corrected chi connectivity index (χ4v) is 9.30. The number of fused-ring (bicyclic) bond motifs is 6. The van der Waals surface area contributed by atoms with E-state index in [0.29, 0.717) is 75.7 Å². The molecule has 0 aliphatic rings. The van der Waals surface area contributed by atoms with E-state index in [9.17, 15) is 44.1 Å². The highest BCUT2D eigenvalue weighted by molar-refractivity contribution is 5.98. The molecule has 0 radical (unpaired) electrons. The fraction of sp³-hybridized carbons (Fsp3) is 0.377. The summed E-state index contributed by atoms with van der Waals surface area (Å²) in [5, 5.41) is 77.3. The zero-order chi connectivity index (χ0) is 67.9. The largest absolute Gasteiger partial charge is 0.481 e. The monoisotopic (exact) mass is 1280 g/mol. The van der Waals surface area contributed by atoms with Gasteiger partial charge >= 0.3 is 0 Å². The van der Waals surface area contributed by atoms with Gasteiger partial charge < -0.3 is 69.4 Å². The van der Waals surface area contributed by atoms with Crippen molar-refractivity contribution in [2.45, 2.75) is 73.5 Å². The number of ether oxygens (including phenoxy) is 3. The van der Waals surface area contributed by atoms with E-state index in [4.69, 9.17) is 50.2 Å². The number of carboxylic acid groups (broad SMARTS) is 2. The first kappa shape index (κ1) is 72.6. The molecule has 492 valence electrons. The van der Waals surface area contributed by atoms with Crippen LogP contribution in [0.2, 0.25) is 0 Å². The molecule has 0 aromatic carbocycles. The third kappa shape index (κ3) is 17.8. The predicted octanol–water partition coefficient (Wildman–Crippen LogP) is 0.769. The first-order valence-corrected chi connectivity index (χ1v) is 28.8. The molecule has 0 aliphatic heterocycles. The molecule has 9 heterocycles. The lowest BCUT2D eigenvalue weighted by Gasteiger charge is -2.14. The number of nitrogens with one attached hydrogen (secondary N) is 6. The van der Waals surface area contributed by atoms with Gasteiger partial charge in [0.2, 0.25) is 0 Å². The van der Waals surface area contributed by atoms with Crippen molar-refractivity contribution < 1.29 is 63.7 Å². The summed E-state index contributed by atoms with van der Waals surface area (Å²) in [5.74, 6) is -3.03. The molecule has 9 rings (SSSR count). The Morgan fingerprint density at radius 2 is 0.696 bits per heavy atom. The number of aromatic nitrogens is 9. The van der Waals surface area contributed by atoms with Gasteiger partial charge in [-0.1, -0.05) is 18.2 Å². The second-order valence-electron chi connectivity index (χ2n) is 20.3. The van der Waals surface area contributed by atoms with Crippen LogP contribution >= 0.6 is 0 Å². The molecule has 11 N–H and O–H groups in total. The van der Waals surface area contributed by atoms with Crippen molar-refractivity contribution >= 4 is 79.7 Å². The number of amides is 3. The Morgan fingerprint density at radius 3 is 0.913 bits per heavy atom. The fourth-order valence-electron chi connectivity index (χ4n) is 9.30. The SMILES string of the molecule is CC(=O)O.CC(=O)O.COCCCNC(=O)c1cc2c(=O)n3cccc(C)c3nc2n(CCO)c1=N.COCCCNC(=O)c1cc2c(=O)n3cccc(C)c3nc2n(CCO)c1=N.COCCCNC(=O)c1cc2c(=O)n3cccc(C)c3nc2n(CCO)c1=N. The van der Waals surface area contributed by atoms with Crippen LogP contribution in [0.1, 0.15) is 80.9 Å². The number of hydrogen-bond donors (Lipinski definition) is 11. The van der Waals surface area contributed by atoms with Crippen LogP contribution in [0, 0.1) is 37.0 Å². The van der Waals surface area contributed by atoms with E-state index in [1.54, 1.807) is 58.1 Å². The van der Waals surface area contributed by atoms with E-state index in [1.807, 2.05) is 39.0 Å². The first-order valence-electron chi connectivity index (χ1n) is 28.8. The number of hydrogen-bond acceptors (Lipinski definition) is 20. The Labute approximate surface area is 523 Å². The minimum absolute atomic E-state index is 0.0502. The number of pyridine rings is 6. The summed E-state index contributed by atoms with van der Waals surface area (Å²) >= 11 is 0. The third-order valence-corrected chi connectivity index (χ3v) is 13.5. The third-order valence-electron chi connectivity index (χ3n) is 13.5. The number of carbonyl (C=O) groups is 5. The standard InChI is InChI=1S/3C19H23N5O4.2C2H4O2/c3*1-12-5-3-7-24-16(12)22-17-14(19(24)27)11-13(15(20)23(17)8-9-25)18(26)21-6-4-10-28-2;2*1-2(3)4/h3*3,5,7,11,20,25H,4,6,8-10H2,1-2H3,(H,21,26);2*1H3,(H,3,4). The highest BCUT2D eigenvalue weighted by atomic mass is 16.5. The lowest BCUT2D eigenvalue weighted by Crippen LogP contribution is -2.36. The van der Waals surface area contributed by atoms with Gasteiger partial charge in [-0.15, -0.1) is 0 Å². The molecular weight excluding hydrogens is 1200 g/mol. The van der Waals surface area contributed by atoms with Gasteiger partial charge in [0.25, 0.3) is 46.3 Å². The highest BCUT2D eigenvalue weighted by Gasteiger charge is 2.21. The Bertz CT molecular complexity index is 4100. The molecule has 3 amide bonds. The smallest absolute Gasteiger partial charge is 0.300 e. The average molecular weight is 1280 g/mol. The molecule has 0 unspecified atom stereocenters. The lowest BCUT2D eigenvalue weighted by molar-refractivity contribution is -0.135. The van der Waals surface area contributed by atoms with Crippen molar-refractivity contribution in [2.24, 2.45) is 0 Å². The Balaban J connectivity index is 0.000000236. The Hall–Kier alpha value is -10.2. The number of carbonyl (C=O) groups excluding carboxylic acids is 3. The number of aliphatic hydroxyl groups excluding tert-OH is 3.